The molecule has 4 aromatic carbocycles. The van der Waals surface area contributed by atoms with Crippen molar-refractivity contribution in [2.45, 2.75) is 18.8 Å². The van der Waals surface area contributed by atoms with Crippen LogP contribution in [0.1, 0.15) is 23.5 Å². The molecule has 0 spiro atoms. The van der Waals surface area contributed by atoms with Crippen molar-refractivity contribution in [1.29, 1.82) is 0 Å². The summed E-state index contributed by atoms with van der Waals surface area (Å²) in [4.78, 5) is 15.0. The van der Waals surface area contributed by atoms with Crippen molar-refractivity contribution in [3.05, 3.63) is 95.0 Å². The van der Waals surface area contributed by atoms with E-state index in [1.807, 2.05) is 30.3 Å². The van der Waals surface area contributed by atoms with Crippen molar-refractivity contribution in [3.63, 3.8) is 0 Å². The van der Waals surface area contributed by atoms with E-state index in [0.717, 1.165) is 22.2 Å². The molecule has 3 nitrogen and oxygen atoms in total. The van der Waals surface area contributed by atoms with E-state index in [9.17, 15) is 9.90 Å². The van der Waals surface area contributed by atoms with Crippen LogP contribution in [0.4, 0.5) is 0 Å². The van der Waals surface area contributed by atoms with Gasteiger partial charge in [-0.3, -0.25) is 4.79 Å². The maximum Gasteiger partial charge on any atom is 0.303 e. The Balaban J connectivity index is 1.57. The molecule has 1 aromatic heterocycles. The third-order valence-electron chi connectivity index (χ3n) is 5.77. The Kier molecular flexibility index (Phi) is 4.68. The van der Waals surface area contributed by atoms with Gasteiger partial charge in [-0.15, -0.1) is 0 Å². The van der Waals surface area contributed by atoms with Crippen molar-refractivity contribution in [2.75, 3.05) is 0 Å². The van der Waals surface area contributed by atoms with Gasteiger partial charge >= 0.3 is 5.97 Å². The number of hydrogen-bond acceptors (Lipinski definition) is 1. The van der Waals surface area contributed by atoms with Gasteiger partial charge in [0, 0.05) is 26.8 Å². The SMILES string of the molecule is O=C(O)CC(Cc1ccc2[nH]c3cc4ccccc4cc3c2c1)c1ccc(Cl)cc1. The van der Waals surface area contributed by atoms with E-state index in [2.05, 4.69) is 53.5 Å². The van der Waals surface area contributed by atoms with Crippen molar-refractivity contribution >= 4 is 50.1 Å². The molecule has 1 atom stereocenters. The molecule has 0 saturated carbocycles. The first-order valence-electron chi connectivity index (χ1n) is 9.97. The molecule has 0 radical (unpaired) electrons. The zero-order chi connectivity index (χ0) is 20.7. The minimum atomic E-state index is -0.797. The Hall–Kier alpha value is -3.30. The highest BCUT2D eigenvalue weighted by Gasteiger charge is 2.17. The number of carbonyl (C=O) groups is 1. The van der Waals surface area contributed by atoms with E-state index in [1.165, 1.54) is 21.5 Å². The highest BCUT2D eigenvalue weighted by molar-refractivity contribution is 6.30. The molecule has 5 aromatic rings. The second-order valence-electron chi connectivity index (χ2n) is 7.80. The van der Waals surface area contributed by atoms with Gasteiger partial charge in [-0.05, 0) is 70.6 Å². The first kappa shape index (κ1) is 18.7. The van der Waals surface area contributed by atoms with E-state index in [1.54, 1.807) is 0 Å². The van der Waals surface area contributed by atoms with E-state index < -0.39 is 5.97 Å². The van der Waals surface area contributed by atoms with Crippen LogP contribution >= 0.6 is 11.6 Å². The number of benzene rings is 4. The molecular weight excluding hydrogens is 394 g/mol. The molecule has 1 heterocycles. The molecule has 30 heavy (non-hydrogen) atoms. The number of aromatic nitrogens is 1. The van der Waals surface area contributed by atoms with Gasteiger partial charge in [-0.25, -0.2) is 0 Å². The van der Waals surface area contributed by atoms with Crippen LogP contribution in [0.15, 0.2) is 78.9 Å². The van der Waals surface area contributed by atoms with Crippen LogP contribution in [0.25, 0.3) is 32.6 Å². The molecule has 5 rings (SSSR count). The highest BCUT2D eigenvalue weighted by atomic mass is 35.5. The number of hydrogen-bond donors (Lipinski definition) is 2. The molecule has 0 saturated heterocycles. The van der Waals surface area contributed by atoms with Gasteiger partial charge in [0.05, 0.1) is 6.42 Å². The predicted octanol–water partition coefficient (Wildman–Crippen LogP) is 6.93. The average molecular weight is 414 g/mol. The Bertz CT molecular complexity index is 1390. The van der Waals surface area contributed by atoms with E-state index >= 15 is 0 Å². The molecule has 2 N–H and O–H groups in total. The predicted molar refractivity (Wildman–Crippen MR) is 123 cm³/mol. The van der Waals surface area contributed by atoms with Crippen LogP contribution in [0.3, 0.4) is 0 Å². The Morgan fingerprint density at radius 1 is 0.867 bits per heavy atom. The lowest BCUT2D eigenvalue weighted by molar-refractivity contribution is -0.137. The van der Waals surface area contributed by atoms with E-state index in [-0.39, 0.29) is 12.3 Å². The highest BCUT2D eigenvalue weighted by Crippen LogP contribution is 2.32. The number of H-pyrrole nitrogens is 1. The first-order valence-corrected chi connectivity index (χ1v) is 10.3. The fraction of sp³-hybridized carbons (Fsp3) is 0.115. The Labute approximate surface area is 178 Å². The van der Waals surface area contributed by atoms with Gasteiger partial charge in [0.1, 0.15) is 0 Å². The van der Waals surface area contributed by atoms with Crippen molar-refractivity contribution in [3.8, 4) is 0 Å². The molecule has 0 aliphatic rings. The normalized spacial score (nSPS) is 12.6. The summed E-state index contributed by atoms with van der Waals surface area (Å²) in [6.45, 7) is 0. The fourth-order valence-electron chi connectivity index (χ4n) is 4.30. The second kappa shape index (κ2) is 7.51. The number of rotatable bonds is 5. The number of aromatic amines is 1. The van der Waals surface area contributed by atoms with Gasteiger partial charge in [0.25, 0.3) is 0 Å². The largest absolute Gasteiger partial charge is 0.481 e. The number of aliphatic carboxylic acids is 1. The Morgan fingerprint density at radius 3 is 2.30 bits per heavy atom. The summed E-state index contributed by atoms with van der Waals surface area (Å²) in [6.07, 6.45) is 0.738. The monoisotopic (exact) mass is 413 g/mol. The summed E-state index contributed by atoms with van der Waals surface area (Å²) in [6, 6.07) is 26.6. The van der Waals surface area contributed by atoms with Gasteiger partial charge in [0.15, 0.2) is 0 Å². The van der Waals surface area contributed by atoms with E-state index in [0.29, 0.717) is 11.4 Å². The van der Waals surface area contributed by atoms with Gasteiger partial charge in [-0.1, -0.05) is 54.1 Å². The van der Waals surface area contributed by atoms with Crippen molar-refractivity contribution in [1.82, 2.24) is 4.98 Å². The van der Waals surface area contributed by atoms with Crippen molar-refractivity contribution in [2.24, 2.45) is 0 Å². The number of carboxylic acids is 1. The van der Waals surface area contributed by atoms with Crippen LogP contribution in [-0.4, -0.2) is 16.1 Å². The smallest absolute Gasteiger partial charge is 0.303 e. The lowest BCUT2D eigenvalue weighted by atomic mass is 9.89. The molecular formula is C26H20ClNO2. The molecule has 0 aliphatic carbocycles. The molecule has 1 unspecified atom stereocenters. The summed E-state index contributed by atoms with van der Waals surface area (Å²) in [7, 11) is 0. The van der Waals surface area contributed by atoms with Gasteiger partial charge in [0.2, 0.25) is 0 Å². The third-order valence-corrected chi connectivity index (χ3v) is 6.03. The standard InChI is InChI=1S/C26H20ClNO2/c27-21-8-6-17(7-9-21)20(15-26(29)30)11-16-5-10-24-22(12-16)23-13-18-3-1-2-4-19(18)14-25(23)28-24/h1-10,12-14,20,28H,11,15H2,(H,29,30). The minimum Gasteiger partial charge on any atom is -0.481 e. The summed E-state index contributed by atoms with van der Waals surface area (Å²) >= 11 is 6.01. The zero-order valence-electron chi connectivity index (χ0n) is 16.2. The van der Waals surface area contributed by atoms with Crippen LogP contribution < -0.4 is 0 Å². The summed E-state index contributed by atoms with van der Waals surface area (Å²) < 4.78 is 0. The average Bonchev–Trinajstić information content (AvgIpc) is 3.08. The number of halogens is 1. The van der Waals surface area contributed by atoms with Gasteiger partial charge in [-0.2, -0.15) is 0 Å². The summed E-state index contributed by atoms with van der Waals surface area (Å²) in [5, 5.41) is 14.9. The maximum atomic E-state index is 11.5. The van der Waals surface area contributed by atoms with Crippen LogP contribution in [0, 0.1) is 0 Å². The van der Waals surface area contributed by atoms with Crippen LogP contribution in [0.2, 0.25) is 5.02 Å². The summed E-state index contributed by atoms with van der Waals surface area (Å²) in [5.74, 6) is -0.905. The summed E-state index contributed by atoms with van der Waals surface area (Å²) in [5.41, 5.74) is 4.32. The third kappa shape index (κ3) is 3.53. The molecule has 0 fully saturated rings. The van der Waals surface area contributed by atoms with Crippen molar-refractivity contribution < 1.29 is 9.90 Å². The zero-order valence-corrected chi connectivity index (χ0v) is 17.0. The molecule has 4 heteroatoms. The second-order valence-corrected chi connectivity index (χ2v) is 8.24. The topological polar surface area (TPSA) is 53.1 Å². The quantitative estimate of drug-likeness (QED) is 0.328. The fourth-order valence-corrected chi connectivity index (χ4v) is 4.43. The molecule has 0 bridgehead atoms. The number of nitrogens with one attached hydrogen (secondary N) is 1. The van der Waals surface area contributed by atoms with Crippen LogP contribution in [0.5, 0.6) is 0 Å². The van der Waals surface area contributed by atoms with Gasteiger partial charge < -0.3 is 10.1 Å². The number of fused-ring (bicyclic) bond motifs is 4. The van der Waals surface area contributed by atoms with Crippen LogP contribution in [-0.2, 0) is 11.2 Å². The Morgan fingerprint density at radius 2 is 1.57 bits per heavy atom. The first-order chi connectivity index (χ1) is 14.6. The minimum absolute atomic E-state index is 0.0815. The molecule has 0 aliphatic heterocycles. The lowest BCUT2D eigenvalue weighted by Gasteiger charge is -2.16. The molecule has 0 amide bonds. The maximum absolute atomic E-state index is 11.5. The lowest BCUT2D eigenvalue weighted by Crippen LogP contribution is -2.09. The number of carboxylic acid groups (broad SMARTS) is 1. The van der Waals surface area contributed by atoms with E-state index in [4.69, 9.17) is 11.6 Å². The molecule has 148 valence electrons.